The highest BCUT2D eigenvalue weighted by Crippen LogP contribution is 2.55. The summed E-state index contributed by atoms with van der Waals surface area (Å²) >= 11 is 3.33. The zero-order chi connectivity index (χ0) is 16.2. The summed E-state index contributed by atoms with van der Waals surface area (Å²) in [6, 6.07) is 7.39. The van der Waals surface area contributed by atoms with E-state index in [0.29, 0.717) is 28.9 Å². The van der Waals surface area contributed by atoms with Crippen LogP contribution < -0.4 is 5.32 Å². The molecule has 23 heavy (non-hydrogen) atoms. The van der Waals surface area contributed by atoms with Gasteiger partial charge in [-0.05, 0) is 68.1 Å². The van der Waals surface area contributed by atoms with Crippen molar-refractivity contribution in [3.05, 3.63) is 33.8 Å². The second-order valence-electron chi connectivity index (χ2n) is 7.50. The molecule has 0 spiro atoms. The summed E-state index contributed by atoms with van der Waals surface area (Å²) in [6.45, 7) is 0. The van der Waals surface area contributed by atoms with Crippen molar-refractivity contribution in [2.75, 3.05) is 0 Å². The maximum absolute atomic E-state index is 12.7. The third kappa shape index (κ3) is 2.58. The normalized spacial score (nSPS) is 37.4. The molecule has 1 amide bonds. The van der Waals surface area contributed by atoms with E-state index in [1.807, 2.05) is 0 Å². The lowest BCUT2D eigenvalue weighted by atomic mass is 9.52. The van der Waals surface area contributed by atoms with Gasteiger partial charge < -0.3 is 10.4 Å². The fraction of sp³-hybridized carbons (Fsp3) is 0.556. The fourth-order valence-corrected chi connectivity index (χ4v) is 5.61. The molecular formula is C18H19BrN2O2. The van der Waals surface area contributed by atoms with E-state index in [1.165, 1.54) is 0 Å². The molecule has 0 radical (unpaired) electrons. The maximum Gasteiger partial charge on any atom is 0.252 e. The quantitative estimate of drug-likeness (QED) is 0.835. The number of halogens is 1. The van der Waals surface area contributed by atoms with Crippen molar-refractivity contribution < 1.29 is 9.90 Å². The number of nitriles is 1. The van der Waals surface area contributed by atoms with E-state index in [2.05, 4.69) is 27.3 Å². The monoisotopic (exact) mass is 374 g/mol. The first-order valence-corrected chi connectivity index (χ1v) is 9.00. The van der Waals surface area contributed by atoms with Crippen LogP contribution in [0.15, 0.2) is 22.7 Å². The summed E-state index contributed by atoms with van der Waals surface area (Å²) in [5.41, 5.74) is 0.329. The van der Waals surface area contributed by atoms with Gasteiger partial charge in [0.2, 0.25) is 0 Å². The van der Waals surface area contributed by atoms with E-state index >= 15 is 0 Å². The third-order valence-corrected chi connectivity index (χ3v) is 6.38. The summed E-state index contributed by atoms with van der Waals surface area (Å²) in [5.74, 6) is 1.19. The van der Waals surface area contributed by atoms with Gasteiger partial charge in [0.05, 0.1) is 22.8 Å². The number of hydrogen-bond donors (Lipinski definition) is 2. The Kier molecular flexibility index (Phi) is 3.51. The molecule has 0 saturated heterocycles. The molecule has 4 bridgehead atoms. The van der Waals surface area contributed by atoms with E-state index < -0.39 is 5.60 Å². The lowest BCUT2D eigenvalue weighted by Gasteiger charge is -2.58. The molecule has 4 saturated carbocycles. The molecule has 2 unspecified atom stereocenters. The van der Waals surface area contributed by atoms with Gasteiger partial charge in [-0.1, -0.05) is 15.9 Å². The Bertz CT molecular complexity index is 695. The molecule has 1 aromatic carbocycles. The van der Waals surface area contributed by atoms with Crippen LogP contribution in [-0.4, -0.2) is 22.7 Å². The van der Waals surface area contributed by atoms with Gasteiger partial charge in [-0.3, -0.25) is 4.79 Å². The molecule has 0 heterocycles. The van der Waals surface area contributed by atoms with Crippen LogP contribution in [0.1, 0.15) is 48.0 Å². The summed E-state index contributed by atoms with van der Waals surface area (Å²) < 4.78 is 0.794. The Morgan fingerprint density at radius 2 is 2.00 bits per heavy atom. The minimum absolute atomic E-state index is 0.134. The number of hydrogen-bond acceptors (Lipinski definition) is 3. The van der Waals surface area contributed by atoms with Crippen LogP contribution in [0.5, 0.6) is 0 Å². The highest BCUT2D eigenvalue weighted by atomic mass is 79.9. The number of benzene rings is 1. The molecule has 5 heteroatoms. The second kappa shape index (κ2) is 5.32. The van der Waals surface area contributed by atoms with Crippen molar-refractivity contribution >= 4 is 21.8 Å². The number of nitrogens with zero attached hydrogens (tertiary/aromatic N) is 1. The van der Waals surface area contributed by atoms with Crippen LogP contribution in [0.25, 0.3) is 0 Å². The average Bonchev–Trinajstić information content (AvgIpc) is 2.48. The van der Waals surface area contributed by atoms with Gasteiger partial charge in [-0.15, -0.1) is 0 Å². The second-order valence-corrected chi connectivity index (χ2v) is 8.41. The van der Waals surface area contributed by atoms with Gasteiger partial charge in [-0.25, -0.2) is 0 Å². The van der Waals surface area contributed by atoms with Crippen LogP contribution in [-0.2, 0) is 0 Å². The largest absolute Gasteiger partial charge is 0.390 e. The Morgan fingerprint density at radius 3 is 2.61 bits per heavy atom. The van der Waals surface area contributed by atoms with E-state index in [1.54, 1.807) is 18.2 Å². The zero-order valence-corrected chi connectivity index (χ0v) is 14.3. The number of rotatable bonds is 2. The number of carbonyl (C=O) groups is 1. The standard InChI is InChI=1S/C18H19BrN2O2/c19-14-1-2-15(13(5-14)9-20)17(22)21-16-11-3-10-4-12(16)8-18(23,6-10)7-11/h1-2,5,10-12,16,23H,3-4,6-8H2,(H,21,22). The van der Waals surface area contributed by atoms with Crippen molar-refractivity contribution in [3.63, 3.8) is 0 Å². The van der Waals surface area contributed by atoms with E-state index in [0.717, 1.165) is 36.6 Å². The SMILES string of the molecule is N#Cc1cc(Br)ccc1C(=O)NC1C2CC3CC1CC(O)(C3)C2. The van der Waals surface area contributed by atoms with Crippen molar-refractivity contribution in [1.29, 1.82) is 5.26 Å². The summed E-state index contributed by atoms with van der Waals surface area (Å²) in [7, 11) is 0. The molecule has 0 aliphatic heterocycles. The average molecular weight is 375 g/mol. The number of nitrogens with one attached hydrogen (secondary N) is 1. The highest BCUT2D eigenvalue weighted by Gasteiger charge is 2.55. The molecule has 1 aromatic rings. The first kappa shape index (κ1) is 15.2. The smallest absolute Gasteiger partial charge is 0.252 e. The van der Waals surface area contributed by atoms with Crippen LogP contribution >= 0.6 is 15.9 Å². The molecule has 4 fully saturated rings. The first-order valence-electron chi connectivity index (χ1n) is 8.20. The number of aliphatic hydroxyl groups is 1. The molecule has 120 valence electrons. The van der Waals surface area contributed by atoms with Gasteiger partial charge >= 0.3 is 0 Å². The van der Waals surface area contributed by atoms with Crippen molar-refractivity contribution in [2.24, 2.45) is 17.8 Å². The van der Waals surface area contributed by atoms with E-state index in [-0.39, 0.29) is 11.9 Å². The maximum atomic E-state index is 12.7. The van der Waals surface area contributed by atoms with Gasteiger partial charge in [0.25, 0.3) is 5.91 Å². The Balaban J connectivity index is 1.55. The molecule has 4 aliphatic carbocycles. The summed E-state index contributed by atoms with van der Waals surface area (Å²) in [5, 5.41) is 23.0. The minimum Gasteiger partial charge on any atom is -0.390 e. The van der Waals surface area contributed by atoms with Crippen LogP contribution in [0, 0.1) is 29.1 Å². The van der Waals surface area contributed by atoms with Crippen molar-refractivity contribution in [1.82, 2.24) is 5.32 Å². The van der Waals surface area contributed by atoms with Gasteiger partial charge in [0, 0.05) is 10.5 Å². The molecule has 4 nitrogen and oxygen atoms in total. The molecule has 4 aliphatic rings. The van der Waals surface area contributed by atoms with Crippen LogP contribution in [0.4, 0.5) is 0 Å². The van der Waals surface area contributed by atoms with Crippen LogP contribution in [0.2, 0.25) is 0 Å². The highest BCUT2D eigenvalue weighted by molar-refractivity contribution is 9.10. The fourth-order valence-electron chi connectivity index (χ4n) is 5.25. The minimum atomic E-state index is -0.493. The Hall–Kier alpha value is -1.38. The van der Waals surface area contributed by atoms with Gasteiger partial charge in [0.1, 0.15) is 0 Å². The predicted molar refractivity (Wildman–Crippen MR) is 88.6 cm³/mol. The summed E-state index contributed by atoms with van der Waals surface area (Å²) in [4.78, 5) is 12.7. The molecule has 2 N–H and O–H groups in total. The van der Waals surface area contributed by atoms with Crippen LogP contribution in [0.3, 0.4) is 0 Å². The van der Waals surface area contributed by atoms with Gasteiger partial charge in [0.15, 0.2) is 0 Å². The molecule has 2 atom stereocenters. The Labute approximate surface area is 144 Å². The van der Waals surface area contributed by atoms with Gasteiger partial charge in [-0.2, -0.15) is 5.26 Å². The predicted octanol–water partition coefficient (Wildman–Crippen LogP) is 2.99. The zero-order valence-electron chi connectivity index (χ0n) is 12.8. The lowest BCUT2D eigenvalue weighted by molar-refractivity contribution is -0.136. The van der Waals surface area contributed by atoms with E-state index in [4.69, 9.17) is 0 Å². The molecule has 0 aromatic heterocycles. The molecule has 5 rings (SSSR count). The Morgan fingerprint density at radius 1 is 1.30 bits per heavy atom. The van der Waals surface area contributed by atoms with E-state index in [9.17, 15) is 15.2 Å². The first-order chi connectivity index (χ1) is 11.0. The van der Waals surface area contributed by atoms with Crippen molar-refractivity contribution in [3.8, 4) is 6.07 Å². The molecular weight excluding hydrogens is 356 g/mol. The van der Waals surface area contributed by atoms with Crippen molar-refractivity contribution in [2.45, 2.75) is 43.7 Å². The lowest BCUT2D eigenvalue weighted by Crippen LogP contribution is -2.61. The topological polar surface area (TPSA) is 73.1 Å². The third-order valence-electron chi connectivity index (χ3n) is 5.89. The number of carbonyl (C=O) groups excluding carboxylic acids is 1. The number of amides is 1. The summed E-state index contributed by atoms with van der Waals surface area (Å²) in [6.07, 6.45) is 4.75.